The van der Waals surface area contributed by atoms with Crippen molar-refractivity contribution in [1.82, 2.24) is 9.80 Å². The first kappa shape index (κ1) is 26.1. The van der Waals surface area contributed by atoms with E-state index in [9.17, 15) is 9.59 Å². The zero-order valence-electron chi connectivity index (χ0n) is 20.3. The molecular formula is C27H33BrCl2N4O2. The van der Waals surface area contributed by atoms with Crippen molar-refractivity contribution in [2.45, 2.75) is 56.9 Å². The zero-order chi connectivity index (χ0) is 25.4. The van der Waals surface area contributed by atoms with Gasteiger partial charge in [0.1, 0.15) is 0 Å². The van der Waals surface area contributed by atoms with E-state index in [-0.39, 0.29) is 23.9 Å². The number of aryl methyl sites for hydroxylation is 1. The summed E-state index contributed by atoms with van der Waals surface area (Å²) in [5.74, 6) is 1.55. The highest BCUT2D eigenvalue weighted by molar-refractivity contribution is 9.10. The maximum absolute atomic E-state index is 13.1. The number of fused-ring (bicyclic) bond motifs is 2. The molecule has 1 aromatic rings. The molecule has 0 saturated carbocycles. The van der Waals surface area contributed by atoms with Crippen molar-refractivity contribution in [3.8, 4) is 0 Å². The van der Waals surface area contributed by atoms with Gasteiger partial charge in [0.2, 0.25) is 5.91 Å². The number of benzene rings is 1. The Balaban J connectivity index is 1.28. The van der Waals surface area contributed by atoms with Gasteiger partial charge in [-0.3, -0.25) is 9.79 Å². The molecule has 3 aliphatic heterocycles. The van der Waals surface area contributed by atoms with E-state index >= 15 is 0 Å². The first-order chi connectivity index (χ1) is 17.3. The van der Waals surface area contributed by atoms with Gasteiger partial charge in [0.15, 0.2) is 0 Å². The summed E-state index contributed by atoms with van der Waals surface area (Å²) in [7, 11) is 0. The molecule has 9 heteroatoms. The van der Waals surface area contributed by atoms with Crippen molar-refractivity contribution < 1.29 is 9.59 Å². The SMILES string of the molecule is NC(=O)N1CCC(CC(=O)N2CCC([C@@H]3c4c(Br)cc(Cl)cc4CCC4C=C(Cl)C=NC43)CC2)CC1. The minimum Gasteiger partial charge on any atom is -0.351 e. The summed E-state index contributed by atoms with van der Waals surface area (Å²) in [6.45, 7) is 2.85. The second-order valence-electron chi connectivity index (χ2n) is 10.7. The minimum atomic E-state index is -0.363. The van der Waals surface area contributed by atoms with E-state index in [2.05, 4.69) is 28.1 Å². The van der Waals surface area contributed by atoms with Crippen LogP contribution in [-0.2, 0) is 11.2 Å². The van der Waals surface area contributed by atoms with E-state index in [1.165, 1.54) is 11.1 Å². The van der Waals surface area contributed by atoms with Gasteiger partial charge in [0.25, 0.3) is 0 Å². The molecule has 3 atom stereocenters. The fourth-order valence-corrected chi connectivity index (χ4v) is 8.05. The Kier molecular flexibility index (Phi) is 7.99. The van der Waals surface area contributed by atoms with Gasteiger partial charge in [0, 0.05) is 60.1 Å². The number of nitrogens with two attached hydrogens (primary N) is 1. The van der Waals surface area contributed by atoms with E-state index in [1.807, 2.05) is 17.2 Å². The lowest BCUT2D eigenvalue weighted by Crippen LogP contribution is -2.44. The lowest BCUT2D eigenvalue weighted by atomic mass is 9.72. The molecule has 3 heterocycles. The Bertz CT molecular complexity index is 1080. The maximum Gasteiger partial charge on any atom is 0.314 e. The number of carbonyl (C=O) groups excluding carboxylic acids is 2. The quantitative estimate of drug-likeness (QED) is 0.483. The monoisotopic (exact) mass is 594 g/mol. The number of amides is 3. The Morgan fingerprint density at radius 1 is 1.03 bits per heavy atom. The highest BCUT2D eigenvalue weighted by atomic mass is 79.9. The molecule has 36 heavy (non-hydrogen) atoms. The third kappa shape index (κ3) is 5.48. The molecule has 0 bridgehead atoms. The molecule has 2 N–H and O–H groups in total. The Morgan fingerprint density at radius 3 is 2.42 bits per heavy atom. The number of urea groups is 1. The number of dihydropyridines is 1. The lowest BCUT2D eigenvalue weighted by Gasteiger charge is -2.41. The van der Waals surface area contributed by atoms with Gasteiger partial charge in [0.05, 0.1) is 11.1 Å². The zero-order valence-corrected chi connectivity index (χ0v) is 23.4. The van der Waals surface area contributed by atoms with Gasteiger partial charge in [-0.25, -0.2) is 4.79 Å². The van der Waals surface area contributed by atoms with Crippen LogP contribution in [0, 0.1) is 17.8 Å². The largest absolute Gasteiger partial charge is 0.351 e. The molecule has 4 aliphatic rings. The van der Waals surface area contributed by atoms with E-state index in [0.717, 1.165) is 66.1 Å². The van der Waals surface area contributed by atoms with Gasteiger partial charge in [-0.15, -0.1) is 0 Å². The maximum atomic E-state index is 13.1. The molecule has 2 unspecified atom stereocenters. The third-order valence-corrected chi connectivity index (χ3v) is 9.70. The van der Waals surface area contributed by atoms with Gasteiger partial charge >= 0.3 is 6.03 Å². The Labute approximate surface area is 231 Å². The van der Waals surface area contributed by atoms with Gasteiger partial charge in [-0.1, -0.05) is 45.2 Å². The molecule has 0 radical (unpaired) electrons. The highest BCUT2D eigenvalue weighted by Gasteiger charge is 2.42. The number of likely N-dealkylation sites (tertiary alicyclic amines) is 2. The number of halogens is 3. The standard InChI is InChI=1S/C27H33BrCl2N4O2/c28-22-14-20(29)12-18-1-2-19-13-21(30)15-32-26(19)25(24(18)22)17-5-9-33(10-6-17)23(35)11-16-3-7-34(8-4-16)27(31)36/h12-17,19,25-26H,1-11H2,(H2,31,36)/t19?,25-,26?/m1/s1. The third-order valence-electron chi connectivity index (χ3n) is 8.60. The van der Waals surface area contributed by atoms with Gasteiger partial charge in [-0.2, -0.15) is 0 Å². The predicted molar refractivity (Wildman–Crippen MR) is 148 cm³/mol. The molecule has 0 aromatic heterocycles. The summed E-state index contributed by atoms with van der Waals surface area (Å²) in [5, 5.41) is 1.48. The summed E-state index contributed by atoms with van der Waals surface area (Å²) in [6.07, 6.45) is 10.1. The van der Waals surface area contributed by atoms with E-state index in [1.54, 1.807) is 4.90 Å². The second-order valence-corrected chi connectivity index (χ2v) is 12.4. The van der Waals surface area contributed by atoms with Crippen LogP contribution < -0.4 is 5.73 Å². The summed E-state index contributed by atoms with van der Waals surface area (Å²) >= 11 is 16.6. The van der Waals surface area contributed by atoms with Gasteiger partial charge in [-0.05, 0) is 73.6 Å². The average Bonchev–Trinajstić information content (AvgIpc) is 3.01. The molecule has 0 spiro atoms. The molecule has 3 amide bonds. The number of primary amides is 1. The van der Waals surface area contributed by atoms with Crippen molar-refractivity contribution in [1.29, 1.82) is 0 Å². The fourth-order valence-electron chi connectivity index (χ4n) is 6.69. The molecule has 1 aromatic carbocycles. The smallest absolute Gasteiger partial charge is 0.314 e. The van der Waals surface area contributed by atoms with Crippen molar-refractivity contribution in [3.05, 3.63) is 43.9 Å². The molecule has 2 fully saturated rings. The van der Waals surface area contributed by atoms with Crippen LogP contribution in [0.25, 0.3) is 0 Å². The molecule has 194 valence electrons. The van der Waals surface area contributed by atoms with Crippen molar-refractivity contribution in [2.75, 3.05) is 26.2 Å². The van der Waals surface area contributed by atoms with Crippen molar-refractivity contribution >= 4 is 57.3 Å². The molecule has 6 nitrogen and oxygen atoms in total. The van der Waals surface area contributed by atoms with Crippen LogP contribution >= 0.6 is 39.1 Å². The van der Waals surface area contributed by atoms with E-state index < -0.39 is 0 Å². The van der Waals surface area contributed by atoms with Crippen LogP contribution in [0.15, 0.2) is 32.7 Å². The number of rotatable bonds is 3. The number of hydrogen-bond acceptors (Lipinski definition) is 3. The normalized spacial score (nSPS) is 27.2. The van der Waals surface area contributed by atoms with Crippen molar-refractivity contribution in [3.63, 3.8) is 0 Å². The minimum absolute atomic E-state index is 0.147. The molecule has 2 saturated heterocycles. The molecule has 1 aliphatic carbocycles. The topological polar surface area (TPSA) is 79.0 Å². The first-order valence-electron chi connectivity index (χ1n) is 13.0. The van der Waals surface area contributed by atoms with Crippen LogP contribution in [0.5, 0.6) is 0 Å². The Hall–Kier alpha value is -1.57. The number of allylic oxidation sites excluding steroid dienone is 1. The summed E-state index contributed by atoms with van der Waals surface area (Å²) < 4.78 is 1.06. The molecule has 5 rings (SSSR count). The molecular weight excluding hydrogens is 563 g/mol. The van der Waals surface area contributed by atoms with Crippen molar-refractivity contribution in [2.24, 2.45) is 28.5 Å². The summed E-state index contributed by atoms with van der Waals surface area (Å²) in [5.41, 5.74) is 8.03. The number of nitrogens with zero attached hydrogens (tertiary/aromatic N) is 3. The van der Waals surface area contributed by atoms with Crippen LogP contribution in [0.1, 0.15) is 55.6 Å². The summed E-state index contributed by atoms with van der Waals surface area (Å²) in [4.78, 5) is 33.2. The highest BCUT2D eigenvalue weighted by Crippen LogP contribution is 2.48. The van der Waals surface area contributed by atoms with E-state index in [0.29, 0.717) is 37.3 Å². The predicted octanol–water partition coefficient (Wildman–Crippen LogP) is 5.74. The second kappa shape index (κ2) is 11.0. The average molecular weight is 596 g/mol. The fraction of sp³-hybridized carbons (Fsp3) is 0.593. The van der Waals surface area contributed by atoms with E-state index in [4.69, 9.17) is 33.9 Å². The van der Waals surface area contributed by atoms with Crippen LogP contribution in [0.2, 0.25) is 5.02 Å². The number of piperidine rings is 2. The van der Waals surface area contributed by atoms with Crippen LogP contribution in [-0.4, -0.2) is 60.2 Å². The first-order valence-corrected chi connectivity index (χ1v) is 14.6. The number of aliphatic imine (C=N–C) groups is 1. The van der Waals surface area contributed by atoms with Gasteiger partial charge < -0.3 is 15.5 Å². The van der Waals surface area contributed by atoms with Crippen LogP contribution in [0.3, 0.4) is 0 Å². The Morgan fingerprint density at radius 2 is 1.72 bits per heavy atom. The number of carbonyl (C=O) groups is 2. The van der Waals surface area contributed by atoms with Crippen LogP contribution in [0.4, 0.5) is 4.79 Å². The number of hydrogen-bond donors (Lipinski definition) is 1. The lowest BCUT2D eigenvalue weighted by molar-refractivity contribution is -0.134. The summed E-state index contributed by atoms with van der Waals surface area (Å²) in [6, 6.07) is 3.90.